The van der Waals surface area contributed by atoms with Crippen molar-refractivity contribution in [2.75, 3.05) is 44.2 Å². The van der Waals surface area contributed by atoms with Crippen molar-refractivity contribution >= 4 is 50.3 Å². The summed E-state index contributed by atoms with van der Waals surface area (Å²) in [5.74, 6) is -0.0445. The van der Waals surface area contributed by atoms with Gasteiger partial charge in [0.1, 0.15) is 23.5 Å². The number of aromatic nitrogens is 2. The molecule has 0 aliphatic carbocycles. The van der Waals surface area contributed by atoms with Crippen LogP contribution in [0.2, 0.25) is 5.02 Å². The van der Waals surface area contributed by atoms with E-state index in [4.69, 9.17) is 21.1 Å². The van der Waals surface area contributed by atoms with E-state index in [1.54, 1.807) is 11.0 Å². The number of piperazine rings is 1. The van der Waals surface area contributed by atoms with Crippen molar-refractivity contribution in [2.24, 2.45) is 0 Å². The first kappa shape index (κ1) is 28.7. The first-order chi connectivity index (χ1) is 16.9. The van der Waals surface area contributed by atoms with Crippen LogP contribution < -0.4 is 9.64 Å². The molecule has 0 bridgehead atoms. The van der Waals surface area contributed by atoms with E-state index in [1.165, 1.54) is 0 Å². The Morgan fingerprint density at radius 3 is 2.39 bits per heavy atom. The van der Waals surface area contributed by atoms with Gasteiger partial charge in [0.2, 0.25) is 0 Å². The second-order valence-corrected chi connectivity index (χ2v) is 11.3. The van der Waals surface area contributed by atoms with Crippen molar-refractivity contribution in [3.63, 3.8) is 0 Å². The van der Waals surface area contributed by atoms with E-state index in [1.807, 2.05) is 39.5 Å². The lowest BCUT2D eigenvalue weighted by molar-refractivity contribution is 0.00561. The molecule has 0 saturated carbocycles. The number of ether oxygens (including phenoxy) is 2. The van der Waals surface area contributed by atoms with E-state index in [2.05, 4.69) is 44.6 Å². The van der Waals surface area contributed by atoms with Gasteiger partial charge in [-0.05, 0) is 69.7 Å². The van der Waals surface area contributed by atoms with Gasteiger partial charge in [-0.15, -0.1) is 0 Å². The predicted molar refractivity (Wildman–Crippen MR) is 145 cm³/mol. The third-order valence-corrected chi connectivity index (χ3v) is 7.44. The van der Waals surface area contributed by atoms with Crippen molar-refractivity contribution in [3.8, 4) is 6.01 Å². The first-order valence-corrected chi connectivity index (χ1v) is 13.5. The zero-order chi connectivity index (χ0) is 26.8. The second kappa shape index (κ2) is 11.6. The third-order valence-electron chi connectivity index (χ3n) is 6.14. The molecule has 1 amide bonds. The molecular formula is C25H36BrClFN5O3. The fourth-order valence-corrected chi connectivity index (χ4v) is 4.91. The van der Waals surface area contributed by atoms with Crippen LogP contribution in [-0.4, -0.2) is 82.9 Å². The quantitative estimate of drug-likeness (QED) is 0.382. The van der Waals surface area contributed by atoms with Gasteiger partial charge in [-0.1, -0.05) is 25.4 Å². The largest absolute Gasteiger partial charge is 0.462 e. The Morgan fingerprint density at radius 2 is 1.83 bits per heavy atom. The van der Waals surface area contributed by atoms with Crippen molar-refractivity contribution in [1.82, 2.24) is 19.8 Å². The van der Waals surface area contributed by atoms with Crippen molar-refractivity contribution in [3.05, 3.63) is 21.4 Å². The van der Waals surface area contributed by atoms with Gasteiger partial charge in [0.15, 0.2) is 5.82 Å². The molecule has 0 radical (unpaired) electrons. The van der Waals surface area contributed by atoms with E-state index in [-0.39, 0.29) is 39.2 Å². The number of halogens is 3. The van der Waals surface area contributed by atoms with Crippen molar-refractivity contribution in [2.45, 2.75) is 66.2 Å². The molecule has 2 unspecified atom stereocenters. The molecule has 3 rings (SSSR count). The van der Waals surface area contributed by atoms with Gasteiger partial charge < -0.3 is 19.3 Å². The topological polar surface area (TPSA) is 71.0 Å². The molecule has 0 N–H and O–H groups in total. The molecule has 1 saturated heterocycles. The number of nitrogens with zero attached hydrogens (tertiary/aromatic N) is 5. The highest BCUT2D eigenvalue weighted by molar-refractivity contribution is 9.10. The highest BCUT2D eigenvalue weighted by Crippen LogP contribution is 2.37. The Morgan fingerprint density at radius 1 is 1.22 bits per heavy atom. The molecule has 8 nitrogen and oxygen atoms in total. The van der Waals surface area contributed by atoms with Crippen LogP contribution in [0.15, 0.2) is 10.5 Å². The highest BCUT2D eigenvalue weighted by Gasteiger charge is 2.37. The summed E-state index contributed by atoms with van der Waals surface area (Å²) in [6.07, 6.45) is -0.354. The predicted octanol–water partition coefficient (Wildman–Crippen LogP) is 5.74. The van der Waals surface area contributed by atoms with Gasteiger partial charge in [0.25, 0.3) is 0 Å². The molecule has 2 heterocycles. The van der Waals surface area contributed by atoms with Crippen LogP contribution in [0.1, 0.15) is 48.5 Å². The Bertz CT molecular complexity index is 1080. The molecular weight excluding hydrogens is 553 g/mol. The van der Waals surface area contributed by atoms with Crippen LogP contribution in [0.5, 0.6) is 6.01 Å². The number of likely N-dealkylation sites (N-methyl/N-ethyl adjacent to an activating group) is 1. The van der Waals surface area contributed by atoms with E-state index in [0.29, 0.717) is 37.4 Å². The number of amides is 1. The Balaban J connectivity index is 1.95. The molecule has 1 aliphatic heterocycles. The number of benzene rings is 1. The van der Waals surface area contributed by atoms with Crippen molar-refractivity contribution < 1.29 is 18.7 Å². The molecule has 200 valence electrons. The van der Waals surface area contributed by atoms with Gasteiger partial charge in [0, 0.05) is 25.0 Å². The molecule has 2 aromatic rings. The van der Waals surface area contributed by atoms with Gasteiger partial charge >= 0.3 is 12.1 Å². The molecule has 1 aliphatic rings. The zero-order valence-electron chi connectivity index (χ0n) is 22.1. The minimum atomic E-state index is -0.588. The Kier molecular flexibility index (Phi) is 9.27. The fourth-order valence-electron chi connectivity index (χ4n) is 4.42. The number of rotatable bonds is 7. The SMILES string of the molecule is CCN(CC)CCOc1nc(N2CC(C)N(C(=O)OC(C)(C)C)C(C)C2)c2cc(Cl)c(Br)c(F)c2n1. The summed E-state index contributed by atoms with van der Waals surface area (Å²) in [5, 5.41) is 0.718. The minimum absolute atomic E-state index is 0.104. The normalized spacial score (nSPS) is 18.8. The summed E-state index contributed by atoms with van der Waals surface area (Å²) in [5.41, 5.74) is -0.459. The third kappa shape index (κ3) is 6.50. The summed E-state index contributed by atoms with van der Waals surface area (Å²) in [6, 6.07) is 1.43. The summed E-state index contributed by atoms with van der Waals surface area (Å²) >= 11 is 9.53. The molecule has 2 atom stereocenters. The van der Waals surface area contributed by atoms with Gasteiger partial charge in [-0.3, -0.25) is 4.90 Å². The molecule has 36 heavy (non-hydrogen) atoms. The van der Waals surface area contributed by atoms with Crippen LogP contribution in [0, 0.1) is 5.82 Å². The van der Waals surface area contributed by atoms with Crippen LogP contribution in [0.3, 0.4) is 0 Å². The molecule has 11 heteroatoms. The minimum Gasteiger partial charge on any atom is -0.462 e. The van der Waals surface area contributed by atoms with Crippen LogP contribution in [0.4, 0.5) is 15.0 Å². The monoisotopic (exact) mass is 587 g/mol. The van der Waals surface area contributed by atoms with Gasteiger partial charge in [-0.2, -0.15) is 9.97 Å². The summed E-state index contributed by atoms with van der Waals surface area (Å²) in [7, 11) is 0. The first-order valence-electron chi connectivity index (χ1n) is 12.3. The van der Waals surface area contributed by atoms with E-state index in [0.717, 1.165) is 13.1 Å². The lowest BCUT2D eigenvalue weighted by Gasteiger charge is -2.45. The van der Waals surface area contributed by atoms with Crippen LogP contribution in [0.25, 0.3) is 10.9 Å². The lowest BCUT2D eigenvalue weighted by Crippen LogP contribution is -2.59. The average molecular weight is 589 g/mol. The lowest BCUT2D eigenvalue weighted by atomic mass is 10.1. The maximum Gasteiger partial charge on any atom is 0.410 e. The van der Waals surface area contributed by atoms with Gasteiger partial charge in [0.05, 0.1) is 21.6 Å². The highest BCUT2D eigenvalue weighted by atomic mass is 79.9. The number of fused-ring (bicyclic) bond motifs is 1. The Labute approximate surface area is 226 Å². The fraction of sp³-hybridized carbons (Fsp3) is 0.640. The number of anilines is 1. The average Bonchev–Trinajstić information content (AvgIpc) is 2.78. The standard InChI is InChI=1S/C25H36BrClFN5O3/c1-8-31(9-2)10-11-35-23-29-21-17(12-18(27)19(26)20(21)28)22(30-23)32-13-15(3)33(16(4)14-32)24(34)36-25(5,6)7/h12,15-16H,8-11,13-14H2,1-7H3. The summed E-state index contributed by atoms with van der Waals surface area (Å²) in [4.78, 5) is 27.9. The van der Waals surface area contributed by atoms with Gasteiger partial charge in [-0.25, -0.2) is 9.18 Å². The number of carbonyl (C=O) groups is 1. The number of carbonyl (C=O) groups excluding carboxylic acids is 1. The number of hydrogen-bond acceptors (Lipinski definition) is 7. The maximum atomic E-state index is 15.3. The molecule has 0 spiro atoms. The smallest absolute Gasteiger partial charge is 0.410 e. The summed E-state index contributed by atoms with van der Waals surface area (Å²) < 4.78 is 26.9. The van der Waals surface area contributed by atoms with E-state index in [9.17, 15) is 4.79 Å². The molecule has 1 fully saturated rings. The number of hydrogen-bond donors (Lipinski definition) is 0. The molecule has 1 aromatic carbocycles. The maximum absolute atomic E-state index is 15.3. The van der Waals surface area contributed by atoms with Crippen LogP contribution in [-0.2, 0) is 4.74 Å². The van der Waals surface area contributed by atoms with E-state index >= 15 is 4.39 Å². The second-order valence-electron chi connectivity index (χ2n) is 10.1. The Hall–Kier alpha value is -1.91. The van der Waals surface area contributed by atoms with Crippen LogP contribution >= 0.6 is 27.5 Å². The molecule has 1 aromatic heterocycles. The summed E-state index contributed by atoms with van der Waals surface area (Å²) in [6.45, 7) is 17.5. The van der Waals surface area contributed by atoms with E-state index < -0.39 is 11.4 Å². The zero-order valence-corrected chi connectivity index (χ0v) is 24.4. The van der Waals surface area contributed by atoms with Crippen molar-refractivity contribution in [1.29, 1.82) is 0 Å².